The van der Waals surface area contributed by atoms with Crippen molar-refractivity contribution in [2.75, 3.05) is 0 Å². The van der Waals surface area contributed by atoms with Crippen molar-refractivity contribution >= 4 is 8.80 Å². The second-order valence-electron chi connectivity index (χ2n) is 3.29. The van der Waals surface area contributed by atoms with Gasteiger partial charge in [0.05, 0.1) is 0 Å². The number of rotatable bonds is 3. The molecule has 0 heterocycles. The smallest absolute Gasteiger partial charge is 0.0921 e. The Balaban J connectivity index is 4.99. The average molecular weight is 193 g/mol. The summed E-state index contributed by atoms with van der Waals surface area (Å²) in [4.78, 5) is 0. The van der Waals surface area contributed by atoms with Crippen LogP contribution in [-0.2, 0) is 0 Å². The van der Waals surface area contributed by atoms with Gasteiger partial charge in [-0.25, -0.2) is 0 Å². The maximum absolute atomic E-state index is 2.24. The fraction of sp³-hybridized carbons (Fsp3) is 0.500. The zero-order chi connectivity index (χ0) is 10.4. The molecule has 0 N–H and O–H groups in total. The van der Waals surface area contributed by atoms with Crippen LogP contribution in [0.15, 0.2) is 33.8 Å². The van der Waals surface area contributed by atoms with Crippen LogP contribution in [0.3, 0.4) is 0 Å². The van der Waals surface area contributed by atoms with E-state index in [9.17, 15) is 0 Å². The summed E-state index contributed by atoms with van der Waals surface area (Å²) >= 11 is 0. The van der Waals surface area contributed by atoms with Crippen LogP contribution >= 0.6 is 0 Å². The lowest BCUT2D eigenvalue weighted by Crippen LogP contribution is -2.19. The molecule has 0 rings (SSSR count). The highest BCUT2D eigenvalue weighted by Crippen LogP contribution is 2.17. The maximum atomic E-state index is 2.24. The largest absolute Gasteiger partial charge is 0.139 e. The highest BCUT2D eigenvalue weighted by molar-refractivity contribution is 6.80. The third-order valence-corrected chi connectivity index (χ3v) is 5.71. The van der Waals surface area contributed by atoms with Crippen LogP contribution in [-0.4, -0.2) is 8.80 Å². The Morgan fingerprint density at radius 2 is 0.923 bits per heavy atom. The fourth-order valence-corrected chi connectivity index (χ4v) is 4.10. The van der Waals surface area contributed by atoms with Crippen LogP contribution < -0.4 is 0 Å². The summed E-state index contributed by atoms with van der Waals surface area (Å²) in [5.74, 6) is 0. The first-order valence-electron chi connectivity index (χ1n) is 4.85. The molecule has 0 bridgehead atoms. The van der Waals surface area contributed by atoms with Gasteiger partial charge in [0.15, 0.2) is 0 Å². The summed E-state index contributed by atoms with van der Waals surface area (Å²) in [5.41, 5.74) is 0. The predicted molar refractivity (Wildman–Crippen MR) is 64.0 cm³/mol. The Labute approximate surface area is 84.7 Å². The van der Waals surface area contributed by atoms with Gasteiger partial charge in [-0.1, -0.05) is 33.8 Å². The van der Waals surface area contributed by atoms with Crippen molar-refractivity contribution in [2.45, 2.75) is 41.5 Å². The van der Waals surface area contributed by atoms with Gasteiger partial charge >= 0.3 is 0 Å². The van der Waals surface area contributed by atoms with Gasteiger partial charge in [0.2, 0.25) is 0 Å². The van der Waals surface area contributed by atoms with E-state index < -0.39 is 8.80 Å². The van der Waals surface area contributed by atoms with Crippen molar-refractivity contribution in [1.29, 1.82) is 0 Å². The number of hydrogen-bond acceptors (Lipinski definition) is 0. The first-order valence-corrected chi connectivity index (χ1v) is 6.35. The summed E-state index contributed by atoms with van der Waals surface area (Å²) in [6, 6.07) is 0. The molecular weight excluding hydrogens is 172 g/mol. The number of hydrogen-bond donors (Lipinski definition) is 0. The van der Waals surface area contributed by atoms with Gasteiger partial charge in [0, 0.05) is 0 Å². The molecule has 0 saturated carbocycles. The molecule has 0 aromatic rings. The lowest BCUT2D eigenvalue weighted by atomic mass is 10.5. The average Bonchev–Trinajstić information content (AvgIpc) is 2.16. The van der Waals surface area contributed by atoms with Crippen molar-refractivity contribution in [1.82, 2.24) is 0 Å². The second kappa shape index (κ2) is 5.98. The molecule has 0 aliphatic carbocycles. The summed E-state index contributed by atoms with van der Waals surface area (Å²) in [6.07, 6.45) is 6.73. The Morgan fingerprint density at radius 3 is 1.08 bits per heavy atom. The first kappa shape index (κ1) is 12.4. The topological polar surface area (TPSA) is 0 Å². The lowest BCUT2D eigenvalue weighted by Gasteiger charge is -2.16. The fourth-order valence-electron chi connectivity index (χ4n) is 1.37. The van der Waals surface area contributed by atoms with E-state index in [0.717, 1.165) is 0 Å². The number of allylic oxidation sites excluding steroid dienone is 6. The van der Waals surface area contributed by atoms with E-state index in [2.05, 4.69) is 59.8 Å². The zero-order valence-electron chi connectivity index (χ0n) is 9.73. The zero-order valence-corrected chi connectivity index (χ0v) is 10.7. The predicted octanol–water partition coefficient (Wildman–Crippen LogP) is 4.00. The standard InChI is InChI=1S/C12H21Si/c1-7-10(4)13(11(5)8-2)12(6)9-3/h7-9H,1-6H3. The van der Waals surface area contributed by atoms with Gasteiger partial charge in [-0.05, 0) is 41.5 Å². The molecule has 73 valence electrons. The van der Waals surface area contributed by atoms with Crippen LogP contribution in [0.25, 0.3) is 0 Å². The molecule has 0 aromatic carbocycles. The minimum Gasteiger partial charge on any atom is -0.0921 e. The Hall–Kier alpha value is -0.563. The molecule has 0 amide bonds. The molecule has 0 aliphatic rings. The van der Waals surface area contributed by atoms with Gasteiger partial charge in [-0.3, -0.25) is 0 Å². The van der Waals surface area contributed by atoms with E-state index in [1.807, 2.05) is 0 Å². The van der Waals surface area contributed by atoms with Crippen molar-refractivity contribution in [3.8, 4) is 0 Å². The van der Waals surface area contributed by atoms with Gasteiger partial charge in [0.25, 0.3) is 0 Å². The Morgan fingerprint density at radius 1 is 0.692 bits per heavy atom. The molecule has 13 heavy (non-hydrogen) atoms. The first-order chi connectivity index (χ1) is 6.08. The van der Waals surface area contributed by atoms with Crippen molar-refractivity contribution < 1.29 is 0 Å². The van der Waals surface area contributed by atoms with Crippen molar-refractivity contribution in [2.24, 2.45) is 0 Å². The van der Waals surface area contributed by atoms with E-state index in [-0.39, 0.29) is 0 Å². The van der Waals surface area contributed by atoms with Gasteiger partial charge in [-0.15, -0.1) is 0 Å². The normalized spacial score (nSPS) is 15.5. The van der Waals surface area contributed by atoms with Crippen molar-refractivity contribution in [3.63, 3.8) is 0 Å². The van der Waals surface area contributed by atoms with Crippen LogP contribution in [0.4, 0.5) is 0 Å². The highest BCUT2D eigenvalue weighted by Gasteiger charge is 2.15. The molecule has 0 aliphatic heterocycles. The monoisotopic (exact) mass is 193 g/mol. The Bertz CT molecular complexity index is 201. The maximum Gasteiger partial charge on any atom is 0.139 e. The summed E-state index contributed by atoms with van der Waals surface area (Å²) in [5, 5.41) is 4.61. The van der Waals surface area contributed by atoms with Crippen LogP contribution in [0, 0.1) is 0 Å². The quantitative estimate of drug-likeness (QED) is 0.594. The van der Waals surface area contributed by atoms with Gasteiger partial charge in [0.1, 0.15) is 8.80 Å². The molecular formula is C12H21Si. The van der Waals surface area contributed by atoms with Gasteiger partial charge in [-0.2, -0.15) is 0 Å². The molecule has 0 saturated heterocycles. The van der Waals surface area contributed by atoms with Crippen LogP contribution in [0.2, 0.25) is 0 Å². The van der Waals surface area contributed by atoms with E-state index in [0.29, 0.717) is 0 Å². The lowest BCUT2D eigenvalue weighted by molar-refractivity contribution is 1.44. The molecule has 0 atom stereocenters. The second-order valence-corrected chi connectivity index (χ2v) is 6.41. The SMILES string of the molecule is CC=C(C)[Si](C(C)=CC)C(C)=CC. The Kier molecular flexibility index (Phi) is 5.72. The summed E-state index contributed by atoms with van der Waals surface area (Å²) in [7, 11) is -0.547. The summed E-state index contributed by atoms with van der Waals surface area (Å²) in [6.45, 7) is 13.1. The highest BCUT2D eigenvalue weighted by atomic mass is 28.3. The molecule has 0 nitrogen and oxygen atoms in total. The third kappa shape index (κ3) is 3.35. The van der Waals surface area contributed by atoms with Crippen LogP contribution in [0.5, 0.6) is 0 Å². The molecule has 0 fully saturated rings. The third-order valence-electron chi connectivity index (χ3n) is 2.48. The summed E-state index contributed by atoms with van der Waals surface area (Å²) < 4.78 is 0. The molecule has 0 aromatic heterocycles. The van der Waals surface area contributed by atoms with Crippen molar-refractivity contribution in [3.05, 3.63) is 33.8 Å². The molecule has 1 heteroatoms. The van der Waals surface area contributed by atoms with E-state index in [1.54, 1.807) is 0 Å². The molecule has 0 unspecified atom stereocenters. The molecule has 1 radical (unpaired) electrons. The van der Waals surface area contributed by atoms with E-state index in [4.69, 9.17) is 0 Å². The van der Waals surface area contributed by atoms with Crippen LogP contribution in [0.1, 0.15) is 41.5 Å². The minimum absolute atomic E-state index is 0.547. The molecule has 0 spiro atoms. The van der Waals surface area contributed by atoms with E-state index in [1.165, 1.54) is 15.6 Å². The van der Waals surface area contributed by atoms with E-state index >= 15 is 0 Å². The minimum atomic E-state index is -0.547. The van der Waals surface area contributed by atoms with Gasteiger partial charge < -0.3 is 0 Å².